The van der Waals surface area contributed by atoms with Crippen molar-refractivity contribution in [3.05, 3.63) is 81.8 Å². The molecule has 0 aliphatic heterocycles. The van der Waals surface area contributed by atoms with Gasteiger partial charge in [-0.05, 0) is 73.2 Å². The van der Waals surface area contributed by atoms with E-state index in [0.29, 0.717) is 43.0 Å². The van der Waals surface area contributed by atoms with Gasteiger partial charge in [0.2, 0.25) is 5.91 Å². The van der Waals surface area contributed by atoms with E-state index >= 15 is 0 Å². The lowest BCUT2D eigenvalue weighted by atomic mass is 10.1. The molecule has 0 fully saturated rings. The van der Waals surface area contributed by atoms with E-state index in [1.54, 1.807) is 35.4 Å². The molecule has 6 nitrogen and oxygen atoms in total. The molecule has 2 amide bonds. The Morgan fingerprint density at radius 3 is 2.36 bits per heavy atom. The van der Waals surface area contributed by atoms with Gasteiger partial charge >= 0.3 is 0 Å². The van der Waals surface area contributed by atoms with Gasteiger partial charge in [-0.2, -0.15) is 0 Å². The highest BCUT2D eigenvalue weighted by molar-refractivity contribution is 7.09. The van der Waals surface area contributed by atoms with E-state index in [1.165, 1.54) is 24.3 Å². The summed E-state index contributed by atoms with van der Waals surface area (Å²) in [6, 6.07) is 15.0. The molecule has 3 rings (SSSR count). The molecule has 1 aromatic heterocycles. The minimum Gasteiger partial charge on any atom is -0.493 e. The first-order valence-corrected chi connectivity index (χ1v) is 12.8. The van der Waals surface area contributed by atoms with Gasteiger partial charge in [-0.25, -0.2) is 4.39 Å². The molecule has 0 bridgehead atoms. The number of rotatable bonds is 12. The number of methoxy groups -OCH3 is 2. The van der Waals surface area contributed by atoms with Gasteiger partial charge in [0.25, 0.3) is 5.91 Å². The second-order valence-corrected chi connectivity index (χ2v) is 9.56. The maximum atomic E-state index is 13.6. The van der Waals surface area contributed by atoms with Crippen LogP contribution in [0.2, 0.25) is 0 Å². The van der Waals surface area contributed by atoms with Crippen LogP contribution in [-0.2, 0) is 17.8 Å². The number of halogens is 1. The third-order valence-corrected chi connectivity index (χ3v) is 7.04. The second kappa shape index (κ2) is 13.1. The minimum absolute atomic E-state index is 0.0531. The van der Waals surface area contributed by atoms with Crippen molar-refractivity contribution >= 4 is 23.2 Å². The Labute approximate surface area is 216 Å². The lowest BCUT2D eigenvalue weighted by Crippen LogP contribution is -2.46. The highest BCUT2D eigenvalue weighted by atomic mass is 32.1. The Morgan fingerprint density at radius 1 is 1.03 bits per heavy atom. The fourth-order valence-electron chi connectivity index (χ4n) is 3.83. The molecule has 36 heavy (non-hydrogen) atoms. The number of nitrogens with zero attached hydrogens (tertiary/aromatic N) is 2. The molecule has 2 aromatic carbocycles. The minimum atomic E-state index is -0.407. The zero-order chi connectivity index (χ0) is 26.1. The summed E-state index contributed by atoms with van der Waals surface area (Å²) in [4.78, 5) is 31.2. The molecule has 1 heterocycles. The average molecular weight is 513 g/mol. The summed E-state index contributed by atoms with van der Waals surface area (Å²) in [6.45, 7) is 4.78. The van der Waals surface area contributed by atoms with E-state index in [-0.39, 0.29) is 24.4 Å². The summed E-state index contributed by atoms with van der Waals surface area (Å²) in [6.07, 6.45) is 1.31. The van der Waals surface area contributed by atoms with Crippen molar-refractivity contribution in [1.29, 1.82) is 0 Å². The van der Waals surface area contributed by atoms with Crippen molar-refractivity contribution in [2.75, 3.05) is 27.3 Å². The fourth-order valence-corrected chi connectivity index (χ4v) is 4.55. The molecule has 0 saturated carbocycles. The van der Waals surface area contributed by atoms with Crippen molar-refractivity contribution in [2.45, 2.75) is 39.3 Å². The molecule has 0 saturated heterocycles. The molecule has 3 aromatic rings. The fraction of sp³-hybridized carbons (Fsp3) is 0.357. The first-order chi connectivity index (χ1) is 17.4. The van der Waals surface area contributed by atoms with Crippen LogP contribution in [0.4, 0.5) is 4.39 Å². The third-order valence-electron chi connectivity index (χ3n) is 6.18. The zero-order valence-corrected chi connectivity index (χ0v) is 22.0. The van der Waals surface area contributed by atoms with Gasteiger partial charge in [0, 0.05) is 23.0 Å². The van der Waals surface area contributed by atoms with Crippen molar-refractivity contribution in [3.8, 4) is 11.5 Å². The largest absolute Gasteiger partial charge is 0.493 e. The first-order valence-electron chi connectivity index (χ1n) is 11.9. The van der Waals surface area contributed by atoms with Crippen LogP contribution in [-0.4, -0.2) is 55.0 Å². The van der Waals surface area contributed by atoms with Gasteiger partial charge in [-0.3, -0.25) is 9.59 Å². The molecule has 0 N–H and O–H groups in total. The molecule has 8 heteroatoms. The van der Waals surface area contributed by atoms with E-state index in [9.17, 15) is 14.0 Å². The molecule has 1 atom stereocenters. The Morgan fingerprint density at radius 2 is 1.75 bits per heavy atom. The van der Waals surface area contributed by atoms with Gasteiger partial charge in [0.05, 0.1) is 20.8 Å². The lowest BCUT2D eigenvalue weighted by molar-refractivity contribution is -0.132. The highest BCUT2D eigenvalue weighted by Gasteiger charge is 2.26. The summed E-state index contributed by atoms with van der Waals surface area (Å²) in [5, 5.41) is 1.98. The van der Waals surface area contributed by atoms with E-state index in [1.807, 2.05) is 49.6 Å². The SMILES string of the molecule is CCC(C)N(CC(=O)N(CCc1ccc(OC)c(OC)c1)Cc1cccs1)C(=O)c1ccc(F)cc1. The van der Waals surface area contributed by atoms with Crippen LogP contribution in [0.25, 0.3) is 0 Å². The van der Waals surface area contributed by atoms with Crippen LogP contribution >= 0.6 is 11.3 Å². The normalized spacial score (nSPS) is 11.6. The number of thiophene rings is 1. The smallest absolute Gasteiger partial charge is 0.254 e. The number of amides is 2. The van der Waals surface area contributed by atoms with Crippen LogP contribution in [0.1, 0.15) is 41.1 Å². The first kappa shape index (κ1) is 27.2. The van der Waals surface area contributed by atoms with Crippen LogP contribution in [0.15, 0.2) is 60.0 Å². The van der Waals surface area contributed by atoms with Gasteiger partial charge < -0.3 is 19.3 Å². The summed E-state index contributed by atoms with van der Waals surface area (Å²) in [5.41, 5.74) is 1.37. The van der Waals surface area contributed by atoms with E-state index in [2.05, 4.69) is 0 Å². The van der Waals surface area contributed by atoms with Gasteiger partial charge in [-0.15, -0.1) is 11.3 Å². The summed E-state index contributed by atoms with van der Waals surface area (Å²) in [7, 11) is 3.19. The van der Waals surface area contributed by atoms with Gasteiger partial charge in [0.15, 0.2) is 11.5 Å². The number of hydrogen-bond acceptors (Lipinski definition) is 5. The quantitative estimate of drug-likeness (QED) is 0.325. The van der Waals surface area contributed by atoms with Crippen LogP contribution in [0, 0.1) is 5.82 Å². The number of hydrogen-bond donors (Lipinski definition) is 0. The summed E-state index contributed by atoms with van der Waals surface area (Å²) >= 11 is 1.59. The number of carbonyl (C=O) groups excluding carboxylic acids is 2. The monoisotopic (exact) mass is 512 g/mol. The van der Waals surface area contributed by atoms with Gasteiger partial charge in [-0.1, -0.05) is 19.1 Å². The summed E-state index contributed by atoms with van der Waals surface area (Å²) < 4.78 is 24.1. The molecular weight excluding hydrogens is 479 g/mol. The molecular formula is C28H33FN2O4S. The topological polar surface area (TPSA) is 59.1 Å². The Kier molecular flexibility index (Phi) is 9.87. The van der Waals surface area contributed by atoms with Crippen LogP contribution in [0.3, 0.4) is 0 Å². The Bertz CT molecular complexity index is 1130. The van der Waals surface area contributed by atoms with Gasteiger partial charge in [0.1, 0.15) is 12.4 Å². The molecule has 0 aliphatic rings. The van der Waals surface area contributed by atoms with E-state index in [4.69, 9.17) is 9.47 Å². The maximum absolute atomic E-state index is 13.6. The third kappa shape index (κ3) is 7.07. The highest BCUT2D eigenvalue weighted by Crippen LogP contribution is 2.28. The second-order valence-electron chi connectivity index (χ2n) is 8.53. The number of ether oxygens (including phenoxy) is 2. The Balaban J connectivity index is 1.79. The molecule has 0 aliphatic carbocycles. The predicted octanol–water partition coefficient (Wildman–Crippen LogP) is 5.42. The lowest BCUT2D eigenvalue weighted by Gasteiger charge is -2.31. The predicted molar refractivity (Wildman–Crippen MR) is 140 cm³/mol. The van der Waals surface area contributed by atoms with Crippen molar-refractivity contribution in [1.82, 2.24) is 9.80 Å². The van der Waals surface area contributed by atoms with Crippen LogP contribution < -0.4 is 9.47 Å². The molecule has 0 spiro atoms. The molecule has 192 valence electrons. The Hall–Kier alpha value is -3.39. The zero-order valence-electron chi connectivity index (χ0n) is 21.2. The van der Waals surface area contributed by atoms with E-state index < -0.39 is 5.82 Å². The maximum Gasteiger partial charge on any atom is 0.254 e. The molecule has 0 radical (unpaired) electrons. The number of benzene rings is 2. The van der Waals surface area contributed by atoms with Crippen molar-refractivity contribution in [2.24, 2.45) is 0 Å². The van der Waals surface area contributed by atoms with E-state index in [0.717, 1.165) is 10.4 Å². The molecule has 1 unspecified atom stereocenters. The summed E-state index contributed by atoms with van der Waals surface area (Å²) in [5.74, 6) is 0.457. The van der Waals surface area contributed by atoms with Crippen LogP contribution in [0.5, 0.6) is 11.5 Å². The average Bonchev–Trinajstić information content (AvgIpc) is 3.42. The number of carbonyl (C=O) groups is 2. The van der Waals surface area contributed by atoms with Crippen molar-refractivity contribution in [3.63, 3.8) is 0 Å². The van der Waals surface area contributed by atoms with Crippen molar-refractivity contribution < 1.29 is 23.5 Å². The standard InChI is InChI=1S/C28H33FN2O4S/c1-5-20(2)31(28(33)22-9-11-23(29)12-10-22)19-27(32)30(18-24-7-6-16-36-24)15-14-21-8-13-25(34-3)26(17-21)35-4/h6-13,16-17,20H,5,14-15,18-19H2,1-4H3.